The molecule has 0 atom stereocenters. The molecule has 0 unspecified atom stereocenters. The van der Waals surface area contributed by atoms with Gasteiger partial charge in [0, 0.05) is 38.2 Å². The van der Waals surface area contributed by atoms with E-state index in [0.717, 1.165) is 82.1 Å². The van der Waals surface area contributed by atoms with Crippen molar-refractivity contribution in [2.45, 2.75) is 0 Å². The predicted molar refractivity (Wildman–Crippen MR) is 186 cm³/mol. The van der Waals surface area contributed by atoms with Gasteiger partial charge in [-0.15, -0.1) is 0 Å². The van der Waals surface area contributed by atoms with Gasteiger partial charge in [0.2, 0.25) is 0 Å². The van der Waals surface area contributed by atoms with Crippen molar-refractivity contribution >= 4 is 65.4 Å². The Bertz CT molecular complexity index is 2830. The van der Waals surface area contributed by atoms with E-state index >= 15 is 0 Å². The zero-order chi connectivity index (χ0) is 30.2. The highest BCUT2D eigenvalue weighted by Gasteiger charge is 2.22. The number of hydrogen-bond acceptors (Lipinski definition) is 5. The van der Waals surface area contributed by atoms with Crippen molar-refractivity contribution in [2.24, 2.45) is 0 Å². The average molecular weight is 590 g/mol. The van der Waals surface area contributed by atoms with Crippen LogP contribution in [0.2, 0.25) is 0 Å². The predicted octanol–water partition coefficient (Wildman–Crippen LogP) is 11.0. The third-order valence-corrected chi connectivity index (χ3v) is 8.90. The first kappa shape index (κ1) is 25.0. The molecule has 3 aromatic heterocycles. The molecule has 0 fully saturated rings. The molecule has 10 aromatic rings. The van der Waals surface area contributed by atoms with Gasteiger partial charge in [0.05, 0.1) is 0 Å². The summed E-state index contributed by atoms with van der Waals surface area (Å²) in [6, 6.07) is 47.5. The molecule has 7 aromatic carbocycles. The van der Waals surface area contributed by atoms with E-state index in [4.69, 9.17) is 23.8 Å². The Labute approximate surface area is 262 Å². The summed E-state index contributed by atoms with van der Waals surface area (Å²) in [6.45, 7) is 0. The zero-order valence-electron chi connectivity index (χ0n) is 24.4. The molecule has 5 heteroatoms. The van der Waals surface area contributed by atoms with Crippen molar-refractivity contribution in [2.75, 3.05) is 0 Å². The van der Waals surface area contributed by atoms with Crippen LogP contribution in [0.4, 0.5) is 0 Å². The minimum atomic E-state index is 0.583. The van der Waals surface area contributed by atoms with Crippen LogP contribution in [0.3, 0.4) is 0 Å². The van der Waals surface area contributed by atoms with E-state index in [-0.39, 0.29) is 0 Å². The smallest absolute Gasteiger partial charge is 0.165 e. The van der Waals surface area contributed by atoms with Gasteiger partial charge in [0.25, 0.3) is 0 Å². The number of nitrogens with zero attached hydrogens (tertiary/aromatic N) is 3. The van der Waals surface area contributed by atoms with E-state index in [2.05, 4.69) is 84.9 Å². The van der Waals surface area contributed by atoms with Crippen LogP contribution in [0.5, 0.6) is 0 Å². The number of rotatable bonds is 3. The van der Waals surface area contributed by atoms with Crippen LogP contribution in [0.25, 0.3) is 99.6 Å². The first-order valence-corrected chi connectivity index (χ1v) is 15.3. The summed E-state index contributed by atoms with van der Waals surface area (Å²) in [7, 11) is 0. The van der Waals surface area contributed by atoms with Gasteiger partial charge in [-0.05, 0) is 51.9 Å². The third kappa shape index (κ3) is 3.72. The standard InChI is InChI=1S/C41H23N3O2/c1-2-11-25-22-27(21-20-24(25)10-1)39-42-40(31-16-9-19-34-36(31)29-14-5-7-17-32(29)45-34)44-41(43-39)38-28-13-4-3-12-26(28)23-35-37(38)30-15-6-8-18-33(30)46-35/h1-23H. The number of benzene rings is 7. The second-order valence-corrected chi connectivity index (χ2v) is 11.6. The quantitative estimate of drug-likeness (QED) is 0.205. The lowest BCUT2D eigenvalue weighted by Gasteiger charge is -2.12. The van der Waals surface area contributed by atoms with Crippen molar-refractivity contribution in [3.8, 4) is 34.2 Å². The summed E-state index contributed by atoms with van der Waals surface area (Å²) >= 11 is 0. The Morgan fingerprint density at radius 3 is 1.80 bits per heavy atom. The van der Waals surface area contributed by atoms with Crippen LogP contribution in [0.15, 0.2) is 148 Å². The van der Waals surface area contributed by atoms with Crippen LogP contribution in [-0.2, 0) is 0 Å². The van der Waals surface area contributed by atoms with Crippen LogP contribution in [-0.4, -0.2) is 15.0 Å². The highest BCUT2D eigenvalue weighted by atomic mass is 16.3. The van der Waals surface area contributed by atoms with Crippen LogP contribution in [0, 0.1) is 0 Å². The Morgan fingerprint density at radius 2 is 0.978 bits per heavy atom. The molecule has 5 nitrogen and oxygen atoms in total. The second-order valence-electron chi connectivity index (χ2n) is 11.6. The first-order chi connectivity index (χ1) is 22.8. The molecule has 0 bridgehead atoms. The second kappa shape index (κ2) is 9.58. The minimum absolute atomic E-state index is 0.583. The number of para-hydroxylation sites is 2. The van der Waals surface area contributed by atoms with E-state index in [1.54, 1.807) is 0 Å². The molecule has 0 spiro atoms. The van der Waals surface area contributed by atoms with E-state index in [1.165, 1.54) is 0 Å². The van der Waals surface area contributed by atoms with Crippen molar-refractivity contribution in [1.29, 1.82) is 0 Å². The molecule has 10 rings (SSSR count). The van der Waals surface area contributed by atoms with Gasteiger partial charge in [0.1, 0.15) is 22.3 Å². The molecule has 0 N–H and O–H groups in total. The van der Waals surface area contributed by atoms with Gasteiger partial charge in [-0.25, -0.2) is 15.0 Å². The highest BCUT2D eigenvalue weighted by Crippen LogP contribution is 2.42. The molecule has 0 radical (unpaired) electrons. The maximum atomic E-state index is 6.41. The third-order valence-electron chi connectivity index (χ3n) is 8.90. The molecule has 46 heavy (non-hydrogen) atoms. The average Bonchev–Trinajstić information content (AvgIpc) is 3.68. The van der Waals surface area contributed by atoms with Gasteiger partial charge in [-0.1, -0.05) is 109 Å². The van der Waals surface area contributed by atoms with Crippen LogP contribution >= 0.6 is 0 Å². The maximum Gasteiger partial charge on any atom is 0.165 e. The summed E-state index contributed by atoms with van der Waals surface area (Å²) in [6.07, 6.45) is 0. The van der Waals surface area contributed by atoms with Crippen molar-refractivity contribution in [1.82, 2.24) is 15.0 Å². The lowest BCUT2D eigenvalue weighted by molar-refractivity contribution is 0.669. The number of fused-ring (bicyclic) bond motifs is 8. The summed E-state index contributed by atoms with van der Waals surface area (Å²) in [5.41, 5.74) is 5.98. The van der Waals surface area contributed by atoms with E-state index in [0.29, 0.717) is 17.5 Å². The lowest BCUT2D eigenvalue weighted by atomic mass is 9.97. The number of hydrogen-bond donors (Lipinski definition) is 0. The van der Waals surface area contributed by atoms with E-state index in [9.17, 15) is 0 Å². The Balaban J connectivity index is 1.34. The molecule has 0 aliphatic rings. The molecule has 3 heterocycles. The number of furan rings is 2. The molecule has 0 saturated carbocycles. The number of aromatic nitrogens is 3. The summed E-state index contributed by atoms with van der Waals surface area (Å²) < 4.78 is 12.7. The van der Waals surface area contributed by atoms with Crippen molar-refractivity contribution < 1.29 is 8.83 Å². The molecule has 214 valence electrons. The first-order valence-electron chi connectivity index (χ1n) is 15.3. The maximum absolute atomic E-state index is 6.41. The molecule has 0 saturated heterocycles. The molecule has 0 aliphatic heterocycles. The van der Waals surface area contributed by atoms with Crippen molar-refractivity contribution in [3.63, 3.8) is 0 Å². The van der Waals surface area contributed by atoms with Gasteiger partial charge in [0.15, 0.2) is 17.5 Å². The molecule has 0 aliphatic carbocycles. The van der Waals surface area contributed by atoms with Crippen LogP contribution in [0.1, 0.15) is 0 Å². The Morgan fingerprint density at radius 1 is 0.370 bits per heavy atom. The minimum Gasteiger partial charge on any atom is -0.456 e. The largest absolute Gasteiger partial charge is 0.456 e. The normalized spacial score (nSPS) is 11.9. The fourth-order valence-electron chi connectivity index (χ4n) is 6.81. The summed E-state index contributed by atoms with van der Waals surface area (Å²) in [5.74, 6) is 1.77. The van der Waals surface area contributed by atoms with Gasteiger partial charge in [-0.3, -0.25) is 0 Å². The summed E-state index contributed by atoms with van der Waals surface area (Å²) in [5, 5.41) is 8.41. The molecular formula is C41H23N3O2. The molecule has 0 amide bonds. The van der Waals surface area contributed by atoms with E-state index < -0.39 is 0 Å². The fraction of sp³-hybridized carbons (Fsp3) is 0. The van der Waals surface area contributed by atoms with Gasteiger partial charge < -0.3 is 8.83 Å². The monoisotopic (exact) mass is 589 g/mol. The SMILES string of the molecule is c1ccc2cc(-c3nc(-c4cccc5oc6ccccc6c45)nc(-c4c5ccccc5cc5oc6ccccc6c45)n3)ccc2c1. The fourth-order valence-corrected chi connectivity index (χ4v) is 6.81. The van der Waals surface area contributed by atoms with Crippen molar-refractivity contribution in [3.05, 3.63) is 140 Å². The lowest BCUT2D eigenvalue weighted by Crippen LogP contribution is -2.01. The topological polar surface area (TPSA) is 65.0 Å². The highest BCUT2D eigenvalue weighted by molar-refractivity contribution is 6.20. The van der Waals surface area contributed by atoms with Gasteiger partial charge in [-0.2, -0.15) is 0 Å². The Kier molecular flexibility index (Phi) is 5.22. The molecular weight excluding hydrogens is 566 g/mol. The summed E-state index contributed by atoms with van der Waals surface area (Å²) in [4.78, 5) is 15.7. The van der Waals surface area contributed by atoms with Gasteiger partial charge >= 0.3 is 0 Å². The Hall–Kier alpha value is -6.33. The van der Waals surface area contributed by atoms with Crippen LogP contribution < -0.4 is 0 Å². The zero-order valence-corrected chi connectivity index (χ0v) is 24.4. The van der Waals surface area contributed by atoms with E-state index in [1.807, 2.05) is 54.6 Å².